The largest absolute Gasteiger partial charge is 0.494 e. The third kappa shape index (κ3) is 5.55. The number of aliphatic hydroxyl groups is 1. The number of aliphatic hydroxyl groups excluding tert-OH is 1. The molecule has 0 saturated carbocycles. The maximum absolute atomic E-state index is 12.0. The van der Waals surface area contributed by atoms with Crippen molar-refractivity contribution in [2.75, 3.05) is 61.4 Å². The Hall–Kier alpha value is -4.45. The van der Waals surface area contributed by atoms with Gasteiger partial charge in [0.25, 0.3) is 5.69 Å². The van der Waals surface area contributed by atoms with E-state index in [0.717, 1.165) is 5.69 Å². The second-order valence-electron chi connectivity index (χ2n) is 7.67. The lowest BCUT2D eigenvalue weighted by Gasteiger charge is -2.24. The smallest absolute Gasteiger partial charge is 0.294 e. The lowest BCUT2D eigenvalue weighted by Crippen LogP contribution is -2.22. The number of hydrogen-bond donors (Lipinski definition) is 2. The number of anilines is 6. The second kappa shape index (κ2) is 11.1. The summed E-state index contributed by atoms with van der Waals surface area (Å²) in [4.78, 5) is 36.7. The molecule has 12 heteroatoms. The minimum Gasteiger partial charge on any atom is -0.494 e. The van der Waals surface area contributed by atoms with Gasteiger partial charge in [0.2, 0.25) is 12.4 Å². The number of rotatable bonds is 11. The molecule has 184 valence electrons. The highest BCUT2D eigenvalue weighted by Crippen LogP contribution is 2.39. The third-order valence-electron chi connectivity index (χ3n) is 5.20. The maximum atomic E-state index is 12.0. The average Bonchev–Trinajstić information content (AvgIpc) is 2.84. The Morgan fingerprint density at radius 2 is 1.86 bits per heavy atom. The van der Waals surface area contributed by atoms with Crippen LogP contribution in [0, 0.1) is 10.1 Å². The zero-order valence-corrected chi connectivity index (χ0v) is 19.9. The van der Waals surface area contributed by atoms with Crippen molar-refractivity contribution in [1.29, 1.82) is 0 Å². The molecule has 0 saturated heterocycles. The molecular formula is C23H27N7O5. The number of benzene rings is 2. The van der Waals surface area contributed by atoms with Gasteiger partial charge in [0.05, 0.1) is 35.7 Å². The summed E-state index contributed by atoms with van der Waals surface area (Å²) in [7, 11) is 6.81. The van der Waals surface area contributed by atoms with E-state index in [4.69, 9.17) is 4.74 Å². The molecule has 0 radical (unpaired) electrons. The van der Waals surface area contributed by atoms with Crippen LogP contribution in [-0.2, 0) is 4.79 Å². The van der Waals surface area contributed by atoms with Gasteiger partial charge in [-0.1, -0.05) is 12.1 Å². The van der Waals surface area contributed by atoms with Crippen molar-refractivity contribution >= 4 is 46.6 Å². The summed E-state index contributed by atoms with van der Waals surface area (Å²) >= 11 is 0. The minimum absolute atomic E-state index is 0.112. The lowest BCUT2D eigenvalue weighted by molar-refractivity contribution is -0.384. The Morgan fingerprint density at radius 1 is 1.14 bits per heavy atom. The fourth-order valence-electron chi connectivity index (χ4n) is 3.49. The van der Waals surface area contributed by atoms with E-state index in [1.165, 1.54) is 30.3 Å². The molecule has 12 nitrogen and oxygen atoms in total. The molecule has 0 atom stereocenters. The van der Waals surface area contributed by atoms with Gasteiger partial charge in [-0.25, -0.2) is 4.98 Å². The molecule has 2 aromatic carbocycles. The Kier molecular flexibility index (Phi) is 8.00. The molecule has 1 amide bonds. The Balaban J connectivity index is 2.01. The Bertz CT molecular complexity index is 1200. The van der Waals surface area contributed by atoms with Crippen LogP contribution in [0.5, 0.6) is 5.75 Å². The normalized spacial score (nSPS) is 10.4. The molecule has 0 aliphatic rings. The van der Waals surface area contributed by atoms with Gasteiger partial charge in [0.15, 0.2) is 0 Å². The zero-order chi connectivity index (χ0) is 25.5. The molecule has 0 spiro atoms. The van der Waals surface area contributed by atoms with E-state index in [9.17, 15) is 20.0 Å². The molecular weight excluding hydrogens is 454 g/mol. The van der Waals surface area contributed by atoms with Crippen molar-refractivity contribution in [3.8, 4) is 5.75 Å². The fourth-order valence-corrected chi connectivity index (χ4v) is 3.49. The van der Waals surface area contributed by atoms with E-state index >= 15 is 0 Å². The highest BCUT2D eigenvalue weighted by Gasteiger charge is 2.22. The van der Waals surface area contributed by atoms with Gasteiger partial charge in [-0.05, 0) is 18.2 Å². The van der Waals surface area contributed by atoms with Crippen LogP contribution in [0.1, 0.15) is 0 Å². The summed E-state index contributed by atoms with van der Waals surface area (Å²) in [5.41, 5.74) is 1.81. The van der Waals surface area contributed by atoms with Gasteiger partial charge in [0.1, 0.15) is 17.3 Å². The molecule has 0 fully saturated rings. The van der Waals surface area contributed by atoms with E-state index in [1.54, 1.807) is 24.1 Å². The van der Waals surface area contributed by atoms with E-state index in [0.29, 0.717) is 23.7 Å². The molecule has 1 heterocycles. The zero-order valence-electron chi connectivity index (χ0n) is 19.9. The van der Waals surface area contributed by atoms with Gasteiger partial charge in [0, 0.05) is 46.0 Å². The van der Waals surface area contributed by atoms with E-state index in [1.807, 2.05) is 37.2 Å². The molecule has 0 unspecified atom stereocenters. The number of carbonyl (C=O) groups is 1. The number of aromatic nitrogens is 2. The molecule has 0 bridgehead atoms. The molecule has 1 aromatic heterocycles. The van der Waals surface area contributed by atoms with Crippen LogP contribution >= 0.6 is 0 Å². The SMILES string of the molecule is COc1cc(N(C)CCO)c([N+](=O)[O-])cc1Nc1nccc(N(C=O)c2ccccc2N(C)C)n1. The highest BCUT2D eigenvalue weighted by atomic mass is 16.6. The Labute approximate surface area is 202 Å². The van der Waals surface area contributed by atoms with Crippen molar-refractivity contribution < 1.29 is 19.6 Å². The number of ether oxygens (including phenoxy) is 1. The van der Waals surface area contributed by atoms with Crippen LogP contribution in [0.15, 0.2) is 48.7 Å². The van der Waals surface area contributed by atoms with Crippen molar-refractivity contribution in [2.45, 2.75) is 0 Å². The van der Waals surface area contributed by atoms with Gasteiger partial charge in [-0.3, -0.25) is 19.8 Å². The minimum atomic E-state index is -0.516. The van der Waals surface area contributed by atoms with Gasteiger partial charge >= 0.3 is 0 Å². The molecule has 35 heavy (non-hydrogen) atoms. The van der Waals surface area contributed by atoms with Crippen LogP contribution in [0.2, 0.25) is 0 Å². The van der Waals surface area contributed by atoms with Gasteiger partial charge < -0.3 is 25.0 Å². The van der Waals surface area contributed by atoms with E-state index in [2.05, 4.69) is 15.3 Å². The molecule has 0 aliphatic heterocycles. The molecule has 3 aromatic rings. The summed E-state index contributed by atoms with van der Waals surface area (Å²) in [6.45, 7) is 0.0403. The Morgan fingerprint density at radius 3 is 2.46 bits per heavy atom. The fraction of sp³-hybridized carbons (Fsp3) is 0.261. The predicted molar refractivity (Wildman–Crippen MR) is 134 cm³/mol. The van der Waals surface area contributed by atoms with Crippen molar-refractivity contribution in [3.63, 3.8) is 0 Å². The van der Waals surface area contributed by atoms with Crippen LogP contribution in [-0.4, -0.2) is 67.8 Å². The van der Waals surface area contributed by atoms with Crippen molar-refractivity contribution in [3.05, 3.63) is 58.8 Å². The number of amides is 1. The van der Waals surface area contributed by atoms with Crippen LogP contribution in [0.4, 0.5) is 40.2 Å². The van der Waals surface area contributed by atoms with Crippen LogP contribution < -0.4 is 24.8 Å². The number of carbonyl (C=O) groups excluding carboxylic acids is 1. The summed E-state index contributed by atoms with van der Waals surface area (Å²) in [6, 6.07) is 11.8. The van der Waals surface area contributed by atoms with Crippen LogP contribution in [0.3, 0.4) is 0 Å². The van der Waals surface area contributed by atoms with Gasteiger partial charge in [-0.15, -0.1) is 0 Å². The predicted octanol–water partition coefficient (Wildman–Crippen LogP) is 2.93. The summed E-state index contributed by atoms with van der Waals surface area (Å²) in [5.74, 6) is 0.731. The lowest BCUT2D eigenvalue weighted by atomic mass is 10.2. The quantitative estimate of drug-likeness (QED) is 0.239. The number of nitro benzene ring substituents is 1. The highest BCUT2D eigenvalue weighted by molar-refractivity contribution is 5.91. The average molecular weight is 482 g/mol. The third-order valence-corrected chi connectivity index (χ3v) is 5.20. The van der Waals surface area contributed by atoms with Crippen molar-refractivity contribution in [2.24, 2.45) is 0 Å². The number of likely N-dealkylation sites (N-methyl/N-ethyl adjacent to an activating group) is 1. The summed E-state index contributed by atoms with van der Waals surface area (Å²) in [6.07, 6.45) is 2.13. The topological polar surface area (TPSA) is 137 Å². The number of methoxy groups -OCH3 is 1. The molecule has 0 aliphatic carbocycles. The molecule has 2 N–H and O–H groups in total. The first kappa shape index (κ1) is 25.2. The number of para-hydroxylation sites is 2. The van der Waals surface area contributed by atoms with Gasteiger partial charge in [-0.2, -0.15) is 4.98 Å². The first-order valence-corrected chi connectivity index (χ1v) is 10.6. The van der Waals surface area contributed by atoms with E-state index in [-0.39, 0.29) is 36.2 Å². The second-order valence-corrected chi connectivity index (χ2v) is 7.67. The monoisotopic (exact) mass is 481 g/mol. The molecule has 3 rings (SSSR count). The van der Waals surface area contributed by atoms with Crippen molar-refractivity contribution in [1.82, 2.24) is 9.97 Å². The maximum Gasteiger partial charge on any atom is 0.294 e. The summed E-state index contributed by atoms with van der Waals surface area (Å²) in [5, 5.41) is 23.9. The summed E-state index contributed by atoms with van der Waals surface area (Å²) < 4.78 is 5.43. The number of nitrogens with one attached hydrogen (secondary N) is 1. The van der Waals surface area contributed by atoms with Crippen LogP contribution in [0.25, 0.3) is 0 Å². The van der Waals surface area contributed by atoms with E-state index < -0.39 is 4.92 Å². The number of nitrogens with zero attached hydrogens (tertiary/aromatic N) is 6. The standard InChI is InChI=1S/C23H27N7O5/c1-27(2)17-7-5-6-8-18(17)29(15-32)22-9-10-24-23(26-22)25-16-13-20(30(33)34)19(14-21(16)35-4)28(3)11-12-31/h5-10,13-15,31H,11-12H2,1-4H3,(H,24,25,26). The first-order chi connectivity index (χ1) is 16.8. The number of hydrogen-bond acceptors (Lipinski definition) is 10. The number of nitro groups is 1. The first-order valence-electron chi connectivity index (χ1n) is 10.6.